The van der Waals surface area contributed by atoms with Gasteiger partial charge in [-0.05, 0) is 31.2 Å². The second-order valence-electron chi connectivity index (χ2n) is 7.82. The van der Waals surface area contributed by atoms with Crippen molar-refractivity contribution >= 4 is 11.6 Å². The first-order chi connectivity index (χ1) is 14.5. The molecule has 0 bridgehead atoms. The Morgan fingerprint density at radius 3 is 2.67 bits per heavy atom. The van der Waals surface area contributed by atoms with Gasteiger partial charge in [0.05, 0.1) is 25.0 Å². The number of nitrogens with zero attached hydrogens (tertiary/aromatic N) is 4. The number of pyridine rings is 1. The summed E-state index contributed by atoms with van der Waals surface area (Å²) in [6.07, 6.45) is 1.35. The molecule has 1 atom stereocenters. The van der Waals surface area contributed by atoms with Gasteiger partial charge in [0.25, 0.3) is 5.91 Å². The van der Waals surface area contributed by atoms with E-state index in [-0.39, 0.29) is 5.91 Å². The summed E-state index contributed by atoms with van der Waals surface area (Å²) in [6.45, 7) is 5.21. The van der Waals surface area contributed by atoms with Crippen LogP contribution in [0, 0.1) is 6.92 Å². The molecule has 4 rings (SSSR count). The van der Waals surface area contributed by atoms with E-state index < -0.39 is 6.10 Å². The largest absolute Gasteiger partial charge is 0.387 e. The van der Waals surface area contributed by atoms with Crippen molar-refractivity contribution in [2.75, 3.05) is 39.9 Å². The summed E-state index contributed by atoms with van der Waals surface area (Å²) in [5.41, 5.74) is 4.01. The third kappa shape index (κ3) is 4.23. The van der Waals surface area contributed by atoms with Crippen LogP contribution >= 0.6 is 0 Å². The van der Waals surface area contributed by atoms with Gasteiger partial charge in [0, 0.05) is 32.4 Å². The second kappa shape index (κ2) is 8.95. The number of rotatable bonds is 6. The summed E-state index contributed by atoms with van der Waals surface area (Å²) in [6, 6.07) is 13.6. The Bertz CT molecular complexity index is 1010. The average Bonchev–Trinajstić information content (AvgIpc) is 3.14. The summed E-state index contributed by atoms with van der Waals surface area (Å²) < 4.78 is 7.38. The van der Waals surface area contributed by atoms with Crippen LogP contribution in [0.15, 0.2) is 48.7 Å². The molecule has 30 heavy (non-hydrogen) atoms. The summed E-state index contributed by atoms with van der Waals surface area (Å²) in [4.78, 5) is 21.8. The van der Waals surface area contributed by atoms with Crippen molar-refractivity contribution in [2.24, 2.45) is 0 Å². The van der Waals surface area contributed by atoms with E-state index in [0.29, 0.717) is 45.1 Å². The molecule has 1 N–H and O–H groups in total. The minimum atomic E-state index is -0.601. The highest BCUT2D eigenvalue weighted by Gasteiger charge is 2.26. The zero-order chi connectivity index (χ0) is 21.1. The van der Waals surface area contributed by atoms with Gasteiger partial charge in [0.2, 0.25) is 0 Å². The number of aliphatic hydroxyl groups excluding tert-OH is 1. The Kier molecular flexibility index (Phi) is 6.13. The van der Waals surface area contributed by atoms with Gasteiger partial charge >= 0.3 is 0 Å². The molecule has 0 saturated carbocycles. The molecule has 1 aromatic carbocycles. The minimum Gasteiger partial charge on any atom is -0.387 e. The second-order valence-corrected chi connectivity index (χ2v) is 7.82. The quantitative estimate of drug-likeness (QED) is 0.678. The molecule has 1 fully saturated rings. The molecule has 0 radical (unpaired) electrons. The fourth-order valence-corrected chi connectivity index (χ4v) is 3.89. The van der Waals surface area contributed by atoms with Crippen LogP contribution < -0.4 is 0 Å². The van der Waals surface area contributed by atoms with Crippen molar-refractivity contribution in [1.82, 2.24) is 19.2 Å². The fourth-order valence-electron chi connectivity index (χ4n) is 3.89. The van der Waals surface area contributed by atoms with Crippen LogP contribution in [0.1, 0.15) is 33.4 Å². The van der Waals surface area contributed by atoms with Crippen molar-refractivity contribution in [3.8, 4) is 0 Å². The van der Waals surface area contributed by atoms with Crippen molar-refractivity contribution in [1.29, 1.82) is 0 Å². The third-order valence-electron chi connectivity index (χ3n) is 5.53. The molecule has 1 aliphatic heterocycles. The number of fused-ring (bicyclic) bond motifs is 1. The highest BCUT2D eigenvalue weighted by molar-refractivity contribution is 5.94. The van der Waals surface area contributed by atoms with E-state index in [0.717, 1.165) is 22.5 Å². The molecule has 1 amide bonds. The maximum absolute atomic E-state index is 13.3. The lowest BCUT2D eigenvalue weighted by atomic mass is 10.1. The number of carbonyl (C=O) groups is 1. The zero-order valence-electron chi connectivity index (χ0n) is 17.5. The van der Waals surface area contributed by atoms with E-state index in [4.69, 9.17) is 9.72 Å². The highest BCUT2D eigenvalue weighted by Crippen LogP contribution is 2.21. The number of carbonyl (C=O) groups excluding carboxylic acids is 1. The topological polar surface area (TPSA) is 70.3 Å². The molecular weight excluding hydrogens is 380 g/mol. The SMILES string of the molecule is Cc1cccn2c(CN(C)C[C@H](O)c3ccccc3)c(C(=O)N3CCOCC3)nc12. The number of aryl methyl sites for hydroxylation is 1. The minimum absolute atomic E-state index is 0.0617. The normalized spacial score (nSPS) is 15.7. The molecule has 7 heteroatoms. The number of aliphatic hydroxyl groups is 1. The van der Waals surface area contributed by atoms with E-state index in [9.17, 15) is 9.90 Å². The van der Waals surface area contributed by atoms with Gasteiger partial charge in [-0.1, -0.05) is 36.4 Å². The Morgan fingerprint density at radius 2 is 1.93 bits per heavy atom. The molecule has 3 heterocycles. The van der Waals surface area contributed by atoms with Crippen molar-refractivity contribution in [3.05, 3.63) is 71.2 Å². The Hall–Kier alpha value is -2.74. The molecule has 158 valence electrons. The van der Waals surface area contributed by atoms with E-state index in [2.05, 4.69) is 0 Å². The predicted octanol–water partition coefficient (Wildman–Crippen LogP) is 2.28. The molecule has 1 saturated heterocycles. The van der Waals surface area contributed by atoms with Crippen LogP contribution in [0.3, 0.4) is 0 Å². The summed E-state index contributed by atoms with van der Waals surface area (Å²) in [7, 11) is 1.95. The highest BCUT2D eigenvalue weighted by atomic mass is 16.5. The van der Waals surface area contributed by atoms with Crippen LogP contribution in [-0.2, 0) is 11.3 Å². The molecule has 0 aliphatic carbocycles. The Balaban J connectivity index is 1.61. The number of aromatic nitrogens is 2. The molecular formula is C23H28N4O3. The molecule has 1 aliphatic rings. The molecule has 2 aromatic heterocycles. The number of benzene rings is 1. The Morgan fingerprint density at radius 1 is 1.20 bits per heavy atom. The first-order valence-electron chi connectivity index (χ1n) is 10.3. The van der Waals surface area contributed by atoms with E-state index >= 15 is 0 Å². The monoisotopic (exact) mass is 408 g/mol. The number of morpholine rings is 1. The van der Waals surface area contributed by atoms with E-state index in [1.54, 1.807) is 0 Å². The lowest BCUT2D eigenvalue weighted by Gasteiger charge is -2.27. The summed E-state index contributed by atoms with van der Waals surface area (Å²) in [5, 5.41) is 10.6. The van der Waals surface area contributed by atoms with Crippen molar-refractivity contribution < 1.29 is 14.6 Å². The lowest BCUT2D eigenvalue weighted by Crippen LogP contribution is -2.41. The van der Waals surface area contributed by atoms with Gasteiger partial charge in [-0.25, -0.2) is 4.98 Å². The molecule has 7 nitrogen and oxygen atoms in total. The van der Waals surface area contributed by atoms with Crippen LogP contribution in [0.2, 0.25) is 0 Å². The lowest BCUT2D eigenvalue weighted by molar-refractivity contribution is 0.0298. The first-order valence-corrected chi connectivity index (χ1v) is 10.3. The van der Waals surface area contributed by atoms with Gasteiger partial charge in [-0.15, -0.1) is 0 Å². The van der Waals surface area contributed by atoms with Crippen LogP contribution in [-0.4, -0.2) is 70.1 Å². The van der Waals surface area contributed by atoms with Gasteiger partial charge < -0.3 is 19.1 Å². The number of likely N-dealkylation sites (N-methyl/N-ethyl adjacent to an activating group) is 1. The molecule has 0 unspecified atom stereocenters. The van der Waals surface area contributed by atoms with Crippen LogP contribution in [0.25, 0.3) is 5.65 Å². The van der Waals surface area contributed by atoms with E-state index in [1.807, 2.05) is 76.8 Å². The van der Waals surface area contributed by atoms with Crippen molar-refractivity contribution in [3.63, 3.8) is 0 Å². The third-order valence-corrected chi connectivity index (χ3v) is 5.53. The first kappa shape index (κ1) is 20.5. The van der Waals surface area contributed by atoms with Crippen LogP contribution in [0.5, 0.6) is 0 Å². The number of hydrogen-bond donors (Lipinski definition) is 1. The standard InChI is InChI=1S/C23H28N4O3/c1-17-7-6-10-27-19(15-25(2)16-20(28)18-8-4-3-5-9-18)21(24-22(17)27)23(29)26-11-13-30-14-12-26/h3-10,20,28H,11-16H2,1-2H3/t20-/m0/s1. The van der Waals surface area contributed by atoms with Gasteiger partial charge in [-0.3, -0.25) is 9.69 Å². The maximum atomic E-state index is 13.3. The molecule has 3 aromatic rings. The average molecular weight is 409 g/mol. The fraction of sp³-hybridized carbons (Fsp3) is 0.391. The van der Waals surface area contributed by atoms with Crippen molar-refractivity contribution in [2.45, 2.75) is 19.6 Å². The smallest absolute Gasteiger partial charge is 0.274 e. The zero-order valence-corrected chi connectivity index (χ0v) is 17.5. The summed E-state index contributed by atoms with van der Waals surface area (Å²) >= 11 is 0. The predicted molar refractivity (Wildman–Crippen MR) is 114 cm³/mol. The number of imidazole rings is 1. The van der Waals surface area contributed by atoms with Gasteiger partial charge in [-0.2, -0.15) is 0 Å². The maximum Gasteiger partial charge on any atom is 0.274 e. The van der Waals surface area contributed by atoms with E-state index in [1.165, 1.54) is 0 Å². The van der Waals surface area contributed by atoms with Gasteiger partial charge in [0.1, 0.15) is 5.65 Å². The van der Waals surface area contributed by atoms with Crippen LogP contribution in [0.4, 0.5) is 0 Å². The number of ether oxygens (including phenoxy) is 1. The number of hydrogen-bond acceptors (Lipinski definition) is 5. The summed E-state index contributed by atoms with van der Waals surface area (Å²) in [5.74, 6) is -0.0617. The van der Waals surface area contributed by atoms with Gasteiger partial charge in [0.15, 0.2) is 5.69 Å². The number of amides is 1. The Labute approximate surface area is 176 Å². The molecule has 0 spiro atoms.